The summed E-state index contributed by atoms with van der Waals surface area (Å²) < 4.78 is 12.8. The highest BCUT2D eigenvalue weighted by atomic mass is 19.1. The van der Waals surface area contributed by atoms with E-state index in [0.717, 1.165) is 16.8 Å². The molecule has 2 aromatic rings. The van der Waals surface area contributed by atoms with Gasteiger partial charge in [0.1, 0.15) is 5.82 Å². The van der Waals surface area contributed by atoms with Crippen molar-refractivity contribution in [3.8, 4) is 17.2 Å². The second kappa shape index (κ2) is 4.54. The van der Waals surface area contributed by atoms with E-state index in [1.54, 1.807) is 24.4 Å². The van der Waals surface area contributed by atoms with Crippen LogP contribution in [0.4, 0.5) is 4.39 Å². The zero-order chi connectivity index (χ0) is 11.4. The highest BCUT2D eigenvalue weighted by Gasteiger charge is 2.05. The number of benzene rings is 1. The van der Waals surface area contributed by atoms with Crippen LogP contribution in [-0.4, -0.2) is 4.98 Å². The zero-order valence-corrected chi connectivity index (χ0v) is 8.52. The Bertz CT molecular complexity index is 526. The molecule has 0 unspecified atom stereocenters. The summed E-state index contributed by atoms with van der Waals surface area (Å²) in [5, 5.41) is 8.69. The lowest BCUT2D eigenvalue weighted by molar-refractivity contribution is 0.628. The van der Waals surface area contributed by atoms with Crippen LogP contribution < -0.4 is 0 Å². The van der Waals surface area contributed by atoms with Crippen LogP contribution in [0.2, 0.25) is 0 Å². The lowest BCUT2D eigenvalue weighted by Gasteiger charge is -2.05. The van der Waals surface area contributed by atoms with Crippen LogP contribution in [0, 0.1) is 17.1 Å². The lowest BCUT2D eigenvalue weighted by atomic mass is 10.0. The zero-order valence-electron chi connectivity index (χ0n) is 8.52. The molecular formula is C13H9FN2. The molecule has 0 saturated carbocycles. The molecule has 1 aromatic carbocycles. The molecule has 2 rings (SSSR count). The Morgan fingerprint density at radius 1 is 1.19 bits per heavy atom. The Balaban J connectivity index is 2.47. The average Bonchev–Trinajstić information content (AvgIpc) is 2.32. The van der Waals surface area contributed by atoms with E-state index in [4.69, 9.17) is 5.26 Å². The fraction of sp³-hybridized carbons (Fsp3) is 0.0769. The summed E-state index contributed by atoms with van der Waals surface area (Å²) in [5.41, 5.74) is 2.47. The van der Waals surface area contributed by atoms with Crippen molar-refractivity contribution < 1.29 is 4.39 Å². The Morgan fingerprint density at radius 2 is 1.94 bits per heavy atom. The number of hydrogen-bond acceptors (Lipinski definition) is 2. The Morgan fingerprint density at radius 3 is 2.62 bits per heavy atom. The summed E-state index contributed by atoms with van der Waals surface area (Å²) >= 11 is 0. The third-order valence-corrected chi connectivity index (χ3v) is 2.29. The molecule has 16 heavy (non-hydrogen) atoms. The second-order valence-electron chi connectivity index (χ2n) is 3.34. The molecule has 78 valence electrons. The predicted molar refractivity (Wildman–Crippen MR) is 58.9 cm³/mol. The molecule has 0 atom stereocenters. The minimum Gasteiger partial charge on any atom is -0.260 e. The van der Waals surface area contributed by atoms with Gasteiger partial charge in [-0.1, -0.05) is 18.2 Å². The van der Waals surface area contributed by atoms with Gasteiger partial charge in [-0.05, 0) is 23.8 Å². The molecule has 3 heteroatoms. The van der Waals surface area contributed by atoms with E-state index in [0.29, 0.717) is 0 Å². The molecule has 0 aliphatic rings. The molecule has 1 aromatic heterocycles. The van der Waals surface area contributed by atoms with Gasteiger partial charge >= 0.3 is 0 Å². The molecular weight excluding hydrogens is 203 g/mol. The van der Waals surface area contributed by atoms with Gasteiger partial charge in [-0.25, -0.2) is 4.39 Å². The van der Waals surface area contributed by atoms with Gasteiger partial charge in [-0.2, -0.15) is 5.26 Å². The van der Waals surface area contributed by atoms with Crippen LogP contribution in [0.25, 0.3) is 11.1 Å². The largest absolute Gasteiger partial charge is 0.260 e. The molecule has 0 saturated heterocycles. The summed E-state index contributed by atoms with van der Waals surface area (Å²) in [6.07, 6.45) is 1.91. The van der Waals surface area contributed by atoms with Gasteiger partial charge in [0.15, 0.2) is 0 Å². The molecule has 1 heterocycles. The number of pyridine rings is 1. The van der Waals surface area contributed by atoms with Crippen molar-refractivity contribution in [2.75, 3.05) is 0 Å². The third-order valence-electron chi connectivity index (χ3n) is 2.29. The quantitative estimate of drug-likeness (QED) is 0.767. The first-order valence-corrected chi connectivity index (χ1v) is 4.88. The molecule has 0 radical (unpaired) electrons. The summed E-state index contributed by atoms with van der Waals surface area (Å²) in [6, 6.07) is 11.9. The molecule has 0 aliphatic carbocycles. The van der Waals surface area contributed by atoms with Crippen LogP contribution in [0.1, 0.15) is 5.69 Å². The van der Waals surface area contributed by atoms with Crippen molar-refractivity contribution in [1.82, 2.24) is 4.98 Å². The van der Waals surface area contributed by atoms with E-state index in [1.165, 1.54) is 12.1 Å². The molecule has 0 aliphatic heterocycles. The summed E-state index contributed by atoms with van der Waals surface area (Å²) in [4.78, 5) is 4.15. The topological polar surface area (TPSA) is 36.7 Å². The minimum atomic E-state index is -0.269. The monoisotopic (exact) mass is 212 g/mol. The maximum atomic E-state index is 12.8. The number of halogens is 1. The number of rotatable bonds is 2. The van der Waals surface area contributed by atoms with Crippen LogP contribution in [0.3, 0.4) is 0 Å². The number of hydrogen-bond donors (Lipinski definition) is 0. The first-order chi connectivity index (χ1) is 7.81. The Kier molecular flexibility index (Phi) is 2.93. The fourth-order valence-corrected chi connectivity index (χ4v) is 1.55. The van der Waals surface area contributed by atoms with Crippen molar-refractivity contribution in [2.45, 2.75) is 6.42 Å². The molecule has 0 fully saturated rings. The van der Waals surface area contributed by atoms with Crippen LogP contribution in [0.5, 0.6) is 0 Å². The van der Waals surface area contributed by atoms with Gasteiger partial charge in [-0.3, -0.25) is 4.98 Å². The fourth-order valence-electron chi connectivity index (χ4n) is 1.55. The molecule has 0 bridgehead atoms. The molecule has 0 amide bonds. The van der Waals surface area contributed by atoms with Gasteiger partial charge in [0.2, 0.25) is 0 Å². The first-order valence-electron chi connectivity index (χ1n) is 4.88. The van der Waals surface area contributed by atoms with Gasteiger partial charge < -0.3 is 0 Å². The van der Waals surface area contributed by atoms with E-state index >= 15 is 0 Å². The second-order valence-corrected chi connectivity index (χ2v) is 3.34. The molecule has 2 nitrogen and oxygen atoms in total. The SMILES string of the molecule is N#CCc1ncccc1-c1ccc(F)cc1. The average molecular weight is 212 g/mol. The standard InChI is InChI=1S/C13H9FN2/c14-11-5-3-10(4-6-11)12-2-1-9-16-13(12)7-8-15/h1-6,9H,7H2. The van der Waals surface area contributed by atoms with Crippen molar-refractivity contribution in [1.29, 1.82) is 5.26 Å². The van der Waals surface area contributed by atoms with Gasteiger partial charge in [-0.15, -0.1) is 0 Å². The smallest absolute Gasteiger partial charge is 0.123 e. The number of nitriles is 1. The van der Waals surface area contributed by atoms with E-state index in [9.17, 15) is 4.39 Å². The summed E-state index contributed by atoms with van der Waals surface area (Å²) in [7, 11) is 0. The van der Waals surface area contributed by atoms with Crippen molar-refractivity contribution in [3.05, 3.63) is 54.1 Å². The first kappa shape index (κ1) is 10.3. The van der Waals surface area contributed by atoms with Crippen LogP contribution in [0.15, 0.2) is 42.6 Å². The van der Waals surface area contributed by atoms with E-state index in [1.807, 2.05) is 6.07 Å². The van der Waals surface area contributed by atoms with Gasteiger partial charge in [0.25, 0.3) is 0 Å². The van der Waals surface area contributed by atoms with Crippen molar-refractivity contribution in [3.63, 3.8) is 0 Å². The molecule has 0 N–H and O–H groups in total. The highest BCUT2D eigenvalue weighted by Crippen LogP contribution is 2.22. The third kappa shape index (κ3) is 2.06. The van der Waals surface area contributed by atoms with Gasteiger partial charge in [0, 0.05) is 11.8 Å². The van der Waals surface area contributed by atoms with E-state index in [-0.39, 0.29) is 12.2 Å². The predicted octanol–water partition coefficient (Wildman–Crippen LogP) is 2.95. The minimum absolute atomic E-state index is 0.257. The Hall–Kier alpha value is -2.21. The lowest BCUT2D eigenvalue weighted by Crippen LogP contribution is -1.92. The summed E-state index contributed by atoms with van der Waals surface area (Å²) in [6.45, 7) is 0. The van der Waals surface area contributed by atoms with Crippen molar-refractivity contribution in [2.24, 2.45) is 0 Å². The number of aromatic nitrogens is 1. The highest BCUT2D eigenvalue weighted by molar-refractivity contribution is 5.65. The van der Waals surface area contributed by atoms with Crippen LogP contribution in [-0.2, 0) is 6.42 Å². The Labute approximate surface area is 93.0 Å². The molecule has 0 spiro atoms. The maximum absolute atomic E-state index is 12.8. The van der Waals surface area contributed by atoms with E-state index in [2.05, 4.69) is 11.1 Å². The van der Waals surface area contributed by atoms with Gasteiger partial charge in [0.05, 0.1) is 18.2 Å². The maximum Gasteiger partial charge on any atom is 0.123 e. The van der Waals surface area contributed by atoms with Crippen LogP contribution >= 0.6 is 0 Å². The number of nitrogens with zero attached hydrogens (tertiary/aromatic N) is 2. The van der Waals surface area contributed by atoms with Crippen molar-refractivity contribution >= 4 is 0 Å². The summed E-state index contributed by atoms with van der Waals surface area (Å²) in [5.74, 6) is -0.269. The normalized spacial score (nSPS) is 9.75. The van der Waals surface area contributed by atoms with E-state index < -0.39 is 0 Å².